The summed E-state index contributed by atoms with van der Waals surface area (Å²) in [5.74, 6) is 0.637. The van der Waals surface area contributed by atoms with Crippen LogP contribution in [0.15, 0.2) is 47.3 Å². The maximum atomic E-state index is 12.2. The number of aromatic amines is 1. The Labute approximate surface area is 137 Å². The van der Waals surface area contributed by atoms with Gasteiger partial charge < -0.3 is 5.32 Å². The topological polar surface area (TPSA) is 105 Å². The molecule has 3 rings (SSSR count). The molecule has 0 spiro atoms. The molecule has 0 radical (unpaired) electrons. The largest absolute Gasteiger partial charge is 0.324 e. The average Bonchev–Trinajstić information content (AvgIpc) is 2.87. The number of aromatic nitrogens is 4. The molecule has 0 aliphatic carbocycles. The highest BCUT2D eigenvalue weighted by molar-refractivity contribution is 5.99. The number of carbonyl (C=O) groups excluding carboxylic acids is 1. The van der Waals surface area contributed by atoms with Crippen molar-refractivity contribution in [1.82, 2.24) is 19.7 Å². The van der Waals surface area contributed by atoms with Gasteiger partial charge in [-0.2, -0.15) is 9.78 Å². The zero-order valence-corrected chi connectivity index (χ0v) is 13.2. The molecule has 2 heterocycles. The van der Waals surface area contributed by atoms with E-state index in [2.05, 4.69) is 25.7 Å². The maximum Gasteiger partial charge on any atom is 0.324 e. The Balaban J connectivity index is 1.86. The van der Waals surface area contributed by atoms with E-state index in [1.165, 1.54) is 10.7 Å². The van der Waals surface area contributed by atoms with Crippen LogP contribution in [0, 0.1) is 13.8 Å². The molecule has 122 valence electrons. The summed E-state index contributed by atoms with van der Waals surface area (Å²) in [5, 5.41) is 9.69. The number of carbonyl (C=O) groups is 1. The van der Waals surface area contributed by atoms with E-state index >= 15 is 0 Å². The van der Waals surface area contributed by atoms with Gasteiger partial charge in [0.15, 0.2) is 0 Å². The van der Waals surface area contributed by atoms with E-state index in [9.17, 15) is 9.59 Å². The van der Waals surface area contributed by atoms with Crippen molar-refractivity contribution in [1.29, 1.82) is 0 Å². The second-order valence-electron chi connectivity index (χ2n) is 5.24. The van der Waals surface area contributed by atoms with E-state index in [0.717, 1.165) is 0 Å². The molecule has 0 bridgehead atoms. The summed E-state index contributed by atoms with van der Waals surface area (Å²) < 4.78 is 1.38. The first-order chi connectivity index (χ1) is 11.5. The number of amides is 2. The summed E-state index contributed by atoms with van der Waals surface area (Å²) in [6.07, 6.45) is 0. The van der Waals surface area contributed by atoms with Gasteiger partial charge in [0.25, 0.3) is 5.56 Å². The minimum Gasteiger partial charge on any atom is -0.308 e. The fourth-order valence-electron chi connectivity index (χ4n) is 2.21. The van der Waals surface area contributed by atoms with Crippen molar-refractivity contribution < 1.29 is 4.79 Å². The maximum absolute atomic E-state index is 12.2. The monoisotopic (exact) mass is 324 g/mol. The van der Waals surface area contributed by atoms with Gasteiger partial charge in [0.05, 0.1) is 5.69 Å². The molecule has 0 saturated carbocycles. The molecule has 2 amide bonds. The van der Waals surface area contributed by atoms with Gasteiger partial charge in [-0.25, -0.2) is 9.78 Å². The lowest BCUT2D eigenvalue weighted by Gasteiger charge is -2.09. The lowest BCUT2D eigenvalue weighted by Crippen LogP contribution is -2.22. The molecule has 8 heteroatoms. The molecular weight excluding hydrogens is 308 g/mol. The van der Waals surface area contributed by atoms with Gasteiger partial charge in [0, 0.05) is 23.5 Å². The number of nitrogens with one attached hydrogen (secondary N) is 3. The first-order valence-electron chi connectivity index (χ1n) is 7.29. The number of hydrogen-bond donors (Lipinski definition) is 3. The number of hydrogen-bond acceptors (Lipinski definition) is 4. The minimum atomic E-state index is -0.419. The van der Waals surface area contributed by atoms with E-state index in [1.54, 1.807) is 32.0 Å². The van der Waals surface area contributed by atoms with Gasteiger partial charge in [-0.3, -0.25) is 15.1 Å². The van der Waals surface area contributed by atoms with Crippen molar-refractivity contribution in [2.24, 2.45) is 0 Å². The first-order valence-corrected chi connectivity index (χ1v) is 7.29. The number of anilines is 2. The van der Waals surface area contributed by atoms with Crippen LogP contribution < -0.4 is 16.2 Å². The molecule has 0 unspecified atom stereocenters. The Morgan fingerprint density at radius 2 is 1.83 bits per heavy atom. The molecule has 0 saturated heterocycles. The standard InChI is InChI=1S/C16H16N6O2/c1-10-9-14(23)20-15(17-10)22-13(8-11(2)21-22)19-16(24)18-12-6-4-3-5-7-12/h3-9H,1-2H3,(H,17,20,23)(H2,18,19,24). The number of benzene rings is 1. The van der Waals surface area contributed by atoms with Gasteiger partial charge in [0.1, 0.15) is 5.82 Å². The van der Waals surface area contributed by atoms with E-state index in [-0.39, 0.29) is 11.5 Å². The summed E-state index contributed by atoms with van der Waals surface area (Å²) in [6, 6.07) is 11.7. The number of H-pyrrole nitrogens is 1. The van der Waals surface area contributed by atoms with Crippen LogP contribution in [0.4, 0.5) is 16.3 Å². The average molecular weight is 324 g/mol. The van der Waals surface area contributed by atoms with Crippen LogP contribution >= 0.6 is 0 Å². The molecule has 1 aromatic carbocycles. The fourth-order valence-corrected chi connectivity index (χ4v) is 2.21. The molecule has 24 heavy (non-hydrogen) atoms. The lowest BCUT2D eigenvalue weighted by atomic mass is 10.3. The van der Waals surface area contributed by atoms with Crippen molar-refractivity contribution in [3.05, 3.63) is 64.2 Å². The zero-order valence-electron chi connectivity index (χ0n) is 13.2. The lowest BCUT2D eigenvalue weighted by molar-refractivity contribution is 0.262. The molecule has 0 fully saturated rings. The third-order valence-electron chi connectivity index (χ3n) is 3.16. The van der Waals surface area contributed by atoms with Crippen molar-refractivity contribution in [3.63, 3.8) is 0 Å². The van der Waals surface area contributed by atoms with Crippen molar-refractivity contribution in [3.8, 4) is 5.95 Å². The highest BCUT2D eigenvalue weighted by atomic mass is 16.2. The number of nitrogens with zero attached hydrogens (tertiary/aromatic N) is 3. The molecule has 0 atom stereocenters. The van der Waals surface area contributed by atoms with Crippen LogP contribution in [-0.2, 0) is 0 Å². The van der Waals surface area contributed by atoms with Crippen LogP contribution in [0.25, 0.3) is 5.95 Å². The van der Waals surface area contributed by atoms with Crippen LogP contribution in [-0.4, -0.2) is 25.8 Å². The smallest absolute Gasteiger partial charge is 0.308 e. The van der Waals surface area contributed by atoms with Crippen molar-refractivity contribution in [2.45, 2.75) is 13.8 Å². The highest BCUT2D eigenvalue weighted by Crippen LogP contribution is 2.14. The summed E-state index contributed by atoms with van der Waals surface area (Å²) in [7, 11) is 0. The normalized spacial score (nSPS) is 10.4. The molecule has 0 aliphatic heterocycles. The van der Waals surface area contributed by atoms with E-state index < -0.39 is 6.03 Å². The SMILES string of the molecule is Cc1cc(=O)[nH]c(-n2nc(C)cc2NC(=O)Nc2ccccc2)n1. The Morgan fingerprint density at radius 3 is 2.54 bits per heavy atom. The number of urea groups is 1. The van der Waals surface area contributed by atoms with E-state index in [0.29, 0.717) is 22.9 Å². The first kappa shape index (κ1) is 15.5. The molecular formula is C16H16N6O2. The number of para-hydroxylation sites is 1. The van der Waals surface area contributed by atoms with Gasteiger partial charge in [0.2, 0.25) is 5.95 Å². The quantitative estimate of drug-likeness (QED) is 0.687. The van der Waals surface area contributed by atoms with Crippen molar-refractivity contribution in [2.75, 3.05) is 10.6 Å². The van der Waals surface area contributed by atoms with Gasteiger partial charge >= 0.3 is 6.03 Å². The van der Waals surface area contributed by atoms with Crippen LogP contribution in [0.3, 0.4) is 0 Å². The predicted octanol–water partition coefficient (Wildman–Crippen LogP) is 2.22. The Hall–Kier alpha value is -3.42. The summed E-state index contributed by atoms with van der Waals surface area (Å²) in [5.41, 5.74) is 1.61. The fraction of sp³-hybridized carbons (Fsp3) is 0.125. The highest BCUT2D eigenvalue weighted by Gasteiger charge is 2.13. The second-order valence-corrected chi connectivity index (χ2v) is 5.24. The van der Waals surface area contributed by atoms with Gasteiger partial charge in [-0.15, -0.1) is 0 Å². The molecule has 0 aliphatic rings. The molecule has 3 N–H and O–H groups in total. The van der Waals surface area contributed by atoms with E-state index in [1.807, 2.05) is 18.2 Å². The molecule has 8 nitrogen and oxygen atoms in total. The predicted molar refractivity (Wildman–Crippen MR) is 90.5 cm³/mol. The third kappa shape index (κ3) is 3.49. The van der Waals surface area contributed by atoms with Gasteiger partial charge in [-0.05, 0) is 26.0 Å². The summed E-state index contributed by atoms with van der Waals surface area (Å²) in [6.45, 7) is 3.50. The number of rotatable bonds is 3. The van der Waals surface area contributed by atoms with E-state index in [4.69, 9.17) is 0 Å². The van der Waals surface area contributed by atoms with Crippen LogP contribution in [0.5, 0.6) is 0 Å². The van der Waals surface area contributed by atoms with Crippen molar-refractivity contribution >= 4 is 17.5 Å². The Bertz CT molecular complexity index is 929. The molecule has 3 aromatic rings. The van der Waals surface area contributed by atoms with Crippen LogP contribution in [0.2, 0.25) is 0 Å². The Kier molecular flexibility index (Phi) is 4.11. The Morgan fingerprint density at radius 1 is 1.08 bits per heavy atom. The molecule has 2 aromatic heterocycles. The third-order valence-corrected chi connectivity index (χ3v) is 3.16. The zero-order chi connectivity index (χ0) is 17.1. The number of aryl methyl sites for hydroxylation is 2. The minimum absolute atomic E-state index is 0.239. The van der Waals surface area contributed by atoms with Gasteiger partial charge in [-0.1, -0.05) is 18.2 Å². The summed E-state index contributed by atoms with van der Waals surface area (Å²) >= 11 is 0. The van der Waals surface area contributed by atoms with Crippen LogP contribution in [0.1, 0.15) is 11.4 Å². The second kappa shape index (κ2) is 6.37. The summed E-state index contributed by atoms with van der Waals surface area (Å²) in [4.78, 5) is 30.6.